The van der Waals surface area contributed by atoms with Crippen LogP contribution in [0.15, 0.2) is 60.8 Å². The lowest BCUT2D eigenvalue weighted by atomic mass is 9.82. The molecule has 40 heavy (non-hydrogen) atoms. The molecule has 15 heteroatoms. The number of hydrogen-bond donors (Lipinski definition) is 2. The summed E-state index contributed by atoms with van der Waals surface area (Å²) < 4.78 is 74.6. The van der Waals surface area contributed by atoms with Crippen LogP contribution in [0.5, 0.6) is 0 Å². The van der Waals surface area contributed by atoms with Gasteiger partial charge in [-0.05, 0) is 58.5 Å². The van der Waals surface area contributed by atoms with Gasteiger partial charge in [-0.3, -0.25) is 14.7 Å². The van der Waals surface area contributed by atoms with Crippen molar-refractivity contribution in [1.29, 1.82) is 0 Å². The molecule has 0 radical (unpaired) electrons. The van der Waals surface area contributed by atoms with Gasteiger partial charge >= 0.3 is 18.1 Å². The van der Waals surface area contributed by atoms with E-state index in [4.69, 9.17) is 4.52 Å². The minimum atomic E-state index is -5.89. The van der Waals surface area contributed by atoms with Crippen molar-refractivity contribution in [3.8, 4) is 11.1 Å². The average Bonchev–Trinajstić information content (AvgIpc) is 3.46. The molecule has 3 aromatic rings. The van der Waals surface area contributed by atoms with Crippen LogP contribution in [0.2, 0.25) is 0 Å². The summed E-state index contributed by atoms with van der Waals surface area (Å²) in [4.78, 5) is 25.7. The summed E-state index contributed by atoms with van der Waals surface area (Å²) >= 11 is 1.88. The SMILES string of the molecule is C[C@@](COPI)(C[C@@H](Cc1ccc(-c2ccccc2)cc1)NC(=O)c1c[nH]nn1)C(=O)OCC(F)(F)C(F)(F)F. The summed E-state index contributed by atoms with van der Waals surface area (Å²) in [6.45, 7) is -1.32. The molecule has 216 valence electrons. The lowest BCUT2D eigenvalue weighted by Crippen LogP contribution is -2.47. The van der Waals surface area contributed by atoms with Gasteiger partial charge in [-0.1, -0.05) is 59.8 Å². The molecule has 1 heterocycles. The number of hydrogen-bond acceptors (Lipinski definition) is 6. The summed E-state index contributed by atoms with van der Waals surface area (Å²) in [5, 5.41) is 12.3. The number of halogens is 6. The number of nitrogens with zero attached hydrogens (tertiary/aromatic N) is 2. The first-order valence-electron chi connectivity index (χ1n) is 11.8. The number of alkyl halides is 5. The maximum atomic E-state index is 13.5. The standard InChI is InChI=1S/C25H25F5IN4O4P/c1-23(14-39-40-31,22(37)38-15-24(26,27)25(28,29)30)12-19(33-21(36)20-13-32-35-34-20)11-16-7-9-18(10-8-16)17-5-3-2-4-6-17/h2-10,13,19,40H,11-12,14-15H2,1H3,(H,33,36)(H,32,34,35)/t19-,23+/m1/s1. The second-order valence-electron chi connectivity index (χ2n) is 9.21. The summed E-state index contributed by atoms with van der Waals surface area (Å²) in [5.74, 6) is -7.17. The van der Waals surface area contributed by atoms with Gasteiger partial charge in [0.2, 0.25) is 0 Å². The lowest BCUT2D eigenvalue weighted by Gasteiger charge is -2.32. The van der Waals surface area contributed by atoms with Gasteiger partial charge < -0.3 is 14.6 Å². The number of aromatic nitrogens is 3. The smallest absolute Gasteiger partial charge is 0.456 e. The highest BCUT2D eigenvalue weighted by Crippen LogP contribution is 2.37. The monoisotopic (exact) mass is 698 g/mol. The fourth-order valence-corrected chi connectivity index (χ4v) is 4.68. The first-order valence-corrected chi connectivity index (χ1v) is 15.8. The highest BCUT2D eigenvalue weighted by Gasteiger charge is 2.59. The molecule has 1 unspecified atom stereocenters. The van der Waals surface area contributed by atoms with Crippen LogP contribution >= 0.6 is 28.5 Å². The third kappa shape index (κ3) is 8.64. The largest absolute Gasteiger partial charge is 0.458 e. The Hall–Kier alpha value is -2.71. The molecule has 0 spiro atoms. The van der Waals surface area contributed by atoms with Gasteiger partial charge in [-0.2, -0.15) is 22.0 Å². The number of carbonyl (C=O) groups is 2. The molecule has 3 atom stereocenters. The van der Waals surface area contributed by atoms with Gasteiger partial charge in [0.1, 0.15) is 0 Å². The Kier molecular flexibility index (Phi) is 11.0. The van der Waals surface area contributed by atoms with E-state index in [0.717, 1.165) is 16.7 Å². The van der Waals surface area contributed by atoms with Crippen molar-refractivity contribution in [2.75, 3.05) is 13.2 Å². The van der Waals surface area contributed by atoms with Crippen LogP contribution in [0.3, 0.4) is 0 Å². The number of nitrogens with one attached hydrogen (secondary N) is 2. The summed E-state index contributed by atoms with van der Waals surface area (Å²) in [5.41, 5.74) is 0.992. The van der Waals surface area contributed by atoms with Gasteiger partial charge in [-0.25, -0.2) is 0 Å². The highest BCUT2D eigenvalue weighted by molar-refractivity contribution is 14.2. The van der Waals surface area contributed by atoms with E-state index in [1.165, 1.54) is 13.1 Å². The minimum absolute atomic E-state index is 0.0384. The van der Waals surface area contributed by atoms with E-state index in [9.17, 15) is 31.5 Å². The Morgan fingerprint density at radius 1 is 1.02 bits per heavy atom. The summed E-state index contributed by atoms with van der Waals surface area (Å²) in [7, 11) is 0. The second kappa shape index (κ2) is 13.8. The molecule has 0 fully saturated rings. The van der Waals surface area contributed by atoms with Gasteiger partial charge in [-0.15, -0.1) is 5.10 Å². The fraction of sp³-hybridized carbons (Fsp3) is 0.360. The van der Waals surface area contributed by atoms with Gasteiger partial charge in [0.25, 0.3) is 5.91 Å². The Labute approximate surface area is 241 Å². The average molecular weight is 698 g/mol. The quantitative estimate of drug-likeness (QED) is 0.0996. The Morgan fingerprint density at radius 2 is 1.68 bits per heavy atom. The van der Waals surface area contributed by atoms with Crippen LogP contribution in [0.4, 0.5) is 22.0 Å². The second-order valence-corrected chi connectivity index (χ2v) is 11.0. The third-order valence-corrected chi connectivity index (χ3v) is 7.15. The molecule has 1 aromatic heterocycles. The number of amides is 1. The number of rotatable bonds is 13. The van der Waals surface area contributed by atoms with Crippen LogP contribution in [0.25, 0.3) is 11.1 Å². The van der Waals surface area contributed by atoms with Crippen molar-refractivity contribution in [1.82, 2.24) is 20.7 Å². The number of esters is 1. The first-order chi connectivity index (χ1) is 18.8. The number of aromatic amines is 1. The van der Waals surface area contributed by atoms with E-state index in [1.54, 1.807) is 0 Å². The normalized spacial score (nSPS) is 14.6. The molecular formula is C25H25F5IN4O4P. The topological polar surface area (TPSA) is 106 Å². The molecule has 1 amide bonds. The number of benzene rings is 2. The van der Waals surface area contributed by atoms with Gasteiger partial charge in [0.05, 0.1) is 24.7 Å². The minimum Gasteiger partial charge on any atom is -0.458 e. The van der Waals surface area contributed by atoms with Crippen LogP contribution in [-0.2, 0) is 20.5 Å². The van der Waals surface area contributed by atoms with E-state index in [2.05, 4.69) is 25.5 Å². The van der Waals surface area contributed by atoms with Gasteiger partial charge in [0.15, 0.2) is 12.3 Å². The molecule has 0 saturated heterocycles. The maximum Gasteiger partial charge on any atom is 0.456 e. The maximum absolute atomic E-state index is 13.5. The third-order valence-electron chi connectivity index (χ3n) is 5.96. The molecule has 0 aliphatic carbocycles. The first kappa shape index (κ1) is 31.8. The fourth-order valence-electron chi connectivity index (χ4n) is 3.84. The zero-order valence-electron chi connectivity index (χ0n) is 21.0. The Morgan fingerprint density at radius 3 is 2.25 bits per heavy atom. The number of carbonyl (C=O) groups excluding carboxylic acids is 2. The molecule has 2 aromatic carbocycles. The van der Waals surface area contributed by atoms with E-state index < -0.39 is 42.0 Å². The summed E-state index contributed by atoms with van der Waals surface area (Å²) in [6.07, 6.45) is -4.64. The molecule has 3 rings (SSSR count). The van der Waals surface area contributed by atoms with Crippen molar-refractivity contribution in [2.45, 2.75) is 37.9 Å². The van der Waals surface area contributed by atoms with Crippen molar-refractivity contribution in [2.24, 2.45) is 5.41 Å². The van der Waals surface area contributed by atoms with E-state index in [-0.39, 0.29) is 31.6 Å². The van der Waals surface area contributed by atoms with Crippen LogP contribution < -0.4 is 5.32 Å². The Balaban J connectivity index is 1.83. The van der Waals surface area contributed by atoms with Crippen LogP contribution in [0, 0.1) is 5.41 Å². The molecule has 0 bridgehead atoms. The Bertz CT molecular complexity index is 1250. The van der Waals surface area contributed by atoms with E-state index in [1.807, 2.05) is 76.6 Å². The molecular weight excluding hydrogens is 673 g/mol. The molecule has 0 saturated carbocycles. The number of H-pyrrole nitrogens is 1. The number of ether oxygens (including phenoxy) is 1. The van der Waals surface area contributed by atoms with Crippen LogP contribution in [0.1, 0.15) is 29.4 Å². The van der Waals surface area contributed by atoms with Gasteiger partial charge in [0, 0.05) is 6.04 Å². The zero-order valence-corrected chi connectivity index (χ0v) is 24.1. The van der Waals surface area contributed by atoms with Crippen molar-refractivity contribution < 1.29 is 40.8 Å². The molecule has 0 aliphatic rings. The molecule has 8 nitrogen and oxygen atoms in total. The van der Waals surface area contributed by atoms with Crippen molar-refractivity contribution in [3.63, 3.8) is 0 Å². The van der Waals surface area contributed by atoms with E-state index in [0.29, 0.717) is 0 Å². The van der Waals surface area contributed by atoms with Crippen LogP contribution in [-0.4, -0.2) is 58.6 Å². The lowest BCUT2D eigenvalue weighted by molar-refractivity contribution is -0.295. The predicted molar refractivity (Wildman–Crippen MR) is 146 cm³/mol. The summed E-state index contributed by atoms with van der Waals surface area (Å²) in [6, 6.07) is 16.2. The van der Waals surface area contributed by atoms with E-state index >= 15 is 0 Å². The van der Waals surface area contributed by atoms with Crippen molar-refractivity contribution in [3.05, 3.63) is 72.1 Å². The zero-order chi connectivity index (χ0) is 29.4. The highest BCUT2D eigenvalue weighted by atomic mass is 127. The predicted octanol–water partition coefficient (Wildman–Crippen LogP) is 5.91. The molecule has 0 aliphatic heterocycles. The molecule has 2 N–H and O–H groups in total. The van der Waals surface area contributed by atoms with Crippen molar-refractivity contribution >= 4 is 40.4 Å².